The van der Waals surface area contributed by atoms with Gasteiger partial charge in [0.1, 0.15) is 11.6 Å². The lowest BCUT2D eigenvalue weighted by molar-refractivity contribution is 0.340. The number of halogens is 2. The molecule has 120 valence electrons. The normalized spacial score (nSPS) is 14.1. The zero-order valence-electron chi connectivity index (χ0n) is 13.7. The van der Waals surface area contributed by atoms with Crippen LogP contribution in [0, 0.1) is 11.6 Å². The minimum Gasteiger partial charge on any atom is -0.255 e. The van der Waals surface area contributed by atoms with E-state index in [9.17, 15) is 8.78 Å². The first-order valence-corrected chi connectivity index (χ1v) is 8.35. The molecule has 0 aliphatic carbocycles. The minimum atomic E-state index is -0.599. The number of rotatable bonds is 10. The van der Waals surface area contributed by atoms with Crippen LogP contribution in [0.25, 0.3) is 0 Å². The molecule has 1 nitrogen and oxygen atoms in total. The van der Waals surface area contributed by atoms with Gasteiger partial charge < -0.3 is 0 Å². The molecule has 0 saturated carbocycles. The third kappa shape index (κ3) is 5.72. The smallest absolute Gasteiger partial charge is 0.148 e. The molecule has 0 bridgehead atoms. The first kappa shape index (κ1) is 18.1. The number of nitrogens with zero attached hydrogens (tertiary/aromatic N) is 1. The summed E-state index contributed by atoms with van der Waals surface area (Å²) in [5, 5.41) is 0. The maximum absolute atomic E-state index is 14.1. The van der Waals surface area contributed by atoms with E-state index in [1.807, 2.05) is 0 Å². The van der Waals surface area contributed by atoms with Crippen molar-refractivity contribution in [1.29, 1.82) is 0 Å². The van der Waals surface area contributed by atoms with Crippen LogP contribution in [0.1, 0.15) is 84.3 Å². The van der Waals surface area contributed by atoms with Crippen molar-refractivity contribution in [3.05, 3.63) is 29.6 Å². The predicted octanol–water partition coefficient (Wildman–Crippen LogP) is 6.17. The third-order valence-electron chi connectivity index (χ3n) is 4.29. The topological polar surface area (TPSA) is 12.9 Å². The van der Waals surface area contributed by atoms with Gasteiger partial charge in [-0.05, 0) is 12.8 Å². The first-order chi connectivity index (χ1) is 10.0. The summed E-state index contributed by atoms with van der Waals surface area (Å²) >= 11 is 0. The van der Waals surface area contributed by atoms with Gasteiger partial charge in [0.15, 0.2) is 0 Å². The van der Waals surface area contributed by atoms with E-state index in [1.54, 1.807) is 0 Å². The molecular formula is C18H29F2N. The molecule has 21 heavy (non-hydrogen) atoms. The van der Waals surface area contributed by atoms with E-state index in [2.05, 4.69) is 25.8 Å². The van der Waals surface area contributed by atoms with Crippen LogP contribution in [0.3, 0.4) is 0 Å². The van der Waals surface area contributed by atoms with Crippen molar-refractivity contribution in [3.8, 4) is 0 Å². The highest BCUT2D eigenvalue weighted by Gasteiger charge is 2.30. The molecule has 0 saturated heterocycles. The van der Waals surface area contributed by atoms with E-state index in [4.69, 9.17) is 0 Å². The molecule has 0 spiro atoms. The molecule has 3 heteroatoms. The Morgan fingerprint density at radius 3 is 2.10 bits per heavy atom. The molecule has 1 rings (SSSR count). The first-order valence-electron chi connectivity index (χ1n) is 8.35. The van der Waals surface area contributed by atoms with Crippen LogP contribution in [-0.4, -0.2) is 4.98 Å². The fraction of sp³-hybridized carbons (Fsp3) is 0.722. The average Bonchev–Trinajstić information content (AvgIpc) is 2.44. The van der Waals surface area contributed by atoms with Crippen LogP contribution in [-0.2, 0) is 5.41 Å². The summed E-state index contributed by atoms with van der Waals surface area (Å²) in [5.41, 5.74) is 0.164. The lowest BCUT2D eigenvalue weighted by Gasteiger charge is -2.29. The van der Waals surface area contributed by atoms with Gasteiger partial charge in [0, 0.05) is 11.5 Å². The number of aromatic nitrogens is 1. The molecule has 0 aromatic carbocycles. The highest BCUT2D eigenvalue weighted by molar-refractivity contribution is 5.18. The Morgan fingerprint density at radius 1 is 0.952 bits per heavy atom. The summed E-state index contributed by atoms with van der Waals surface area (Å²) in [5.74, 6) is -1.09. The lowest BCUT2D eigenvalue weighted by atomic mass is 9.76. The molecule has 1 unspecified atom stereocenters. The van der Waals surface area contributed by atoms with Gasteiger partial charge in [0.25, 0.3) is 0 Å². The van der Waals surface area contributed by atoms with Crippen molar-refractivity contribution in [3.63, 3.8) is 0 Å². The van der Waals surface area contributed by atoms with Crippen LogP contribution in [0.15, 0.2) is 12.3 Å². The standard InChI is InChI=1S/C18H29F2N/c1-4-6-8-10-12-18(3,11-9-7-5-2)17-16(20)13-15(19)14-21-17/h13-14H,4-12H2,1-3H3. The van der Waals surface area contributed by atoms with Crippen LogP contribution in [0.2, 0.25) is 0 Å². The van der Waals surface area contributed by atoms with Gasteiger partial charge in [0.2, 0.25) is 0 Å². The second kappa shape index (κ2) is 9.11. The van der Waals surface area contributed by atoms with Gasteiger partial charge in [-0.1, -0.05) is 65.7 Å². The highest BCUT2D eigenvalue weighted by atomic mass is 19.1. The Balaban J connectivity index is 2.83. The number of pyridine rings is 1. The molecule has 0 fully saturated rings. The van der Waals surface area contributed by atoms with E-state index in [-0.39, 0.29) is 5.41 Å². The van der Waals surface area contributed by atoms with Crippen molar-refractivity contribution in [1.82, 2.24) is 4.98 Å². The van der Waals surface area contributed by atoms with Crippen molar-refractivity contribution in [2.24, 2.45) is 0 Å². The second-order valence-electron chi connectivity index (χ2n) is 6.31. The van der Waals surface area contributed by atoms with E-state index >= 15 is 0 Å². The monoisotopic (exact) mass is 297 g/mol. The zero-order valence-corrected chi connectivity index (χ0v) is 13.7. The summed E-state index contributed by atoms with van der Waals surface area (Å²) < 4.78 is 27.2. The van der Waals surface area contributed by atoms with E-state index in [1.165, 1.54) is 19.3 Å². The van der Waals surface area contributed by atoms with Crippen LogP contribution >= 0.6 is 0 Å². The summed E-state index contributed by atoms with van der Waals surface area (Å²) in [6.45, 7) is 6.43. The summed E-state index contributed by atoms with van der Waals surface area (Å²) in [7, 11) is 0. The Hall–Kier alpha value is -0.990. The van der Waals surface area contributed by atoms with Gasteiger partial charge in [-0.25, -0.2) is 8.78 Å². The highest BCUT2D eigenvalue weighted by Crippen LogP contribution is 2.35. The summed E-state index contributed by atoms with van der Waals surface area (Å²) in [6, 6.07) is 0.965. The van der Waals surface area contributed by atoms with Crippen LogP contribution < -0.4 is 0 Å². The zero-order chi connectivity index (χ0) is 15.7. The molecule has 1 heterocycles. The number of unbranched alkanes of at least 4 members (excludes halogenated alkanes) is 5. The molecule has 0 aliphatic rings. The summed E-state index contributed by atoms with van der Waals surface area (Å²) in [6.07, 6.45) is 11.0. The lowest BCUT2D eigenvalue weighted by Crippen LogP contribution is -2.25. The second-order valence-corrected chi connectivity index (χ2v) is 6.31. The van der Waals surface area contributed by atoms with Crippen LogP contribution in [0.5, 0.6) is 0 Å². The fourth-order valence-corrected chi connectivity index (χ4v) is 2.93. The molecule has 0 radical (unpaired) electrons. The quantitative estimate of drug-likeness (QED) is 0.471. The molecule has 0 amide bonds. The van der Waals surface area contributed by atoms with E-state index in [0.717, 1.165) is 50.8 Å². The Labute approximate surface area is 128 Å². The molecular weight excluding hydrogens is 268 g/mol. The van der Waals surface area contributed by atoms with E-state index < -0.39 is 11.6 Å². The molecule has 1 atom stereocenters. The van der Waals surface area contributed by atoms with Crippen molar-refractivity contribution in [2.75, 3.05) is 0 Å². The minimum absolute atomic E-state index is 0.277. The van der Waals surface area contributed by atoms with Crippen LogP contribution in [0.4, 0.5) is 8.78 Å². The van der Waals surface area contributed by atoms with Gasteiger partial charge >= 0.3 is 0 Å². The molecule has 0 aliphatic heterocycles. The molecule has 1 aromatic rings. The van der Waals surface area contributed by atoms with Crippen molar-refractivity contribution >= 4 is 0 Å². The Kier molecular flexibility index (Phi) is 7.84. The Bertz CT molecular complexity index is 420. The third-order valence-corrected chi connectivity index (χ3v) is 4.29. The number of hydrogen-bond acceptors (Lipinski definition) is 1. The van der Waals surface area contributed by atoms with Crippen molar-refractivity contribution in [2.45, 2.75) is 84.0 Å². The maximum atomic E-state index is 14.1. The van der Waals surface area contributed by atoms with Gasteiger partial charge in [0.05, 0.1) is 11.9 Å². The average molecular weight is 297 g/mol. The predicted molar refractivity (Wildman–Crippen MR) is 84.4 cm³/mol. The van der Waals surface area contributed by atoms with Gasteiger partial charge in [-0.2, -0.15) is 0 Å². The SMILES string of the molecule is CCCCCCC(C)(CCCCC)c1ncc(F)cc1F. The molecule has 0 N–H and O–H groups in total. The molecule has 1 aromatic heterocycles. The largest absolute Gasteiger partial charge is 0.255 e. The Morgan fingerprint density at radius 2 is 1.52 bits per heavy atom. The van der Waals surface area contributed by atoms with Gasteiger partial charge in [-0.15, -0.1) is 0 Å². The van der Waals surface area contributed by atoms with Gasteiger partial charge in [-0.3, -0.25) is 4.98 Å². The van der Waals surface area contributed by atoms with E-state index in [0.29, 0.717) is 5.69 Å². The number of hydrogen-bond donors (Lipinski definition) is 0. The van der Waals surface area contributed by atoms with Crippen molar-refractivity contribution < 1.29 is 8.78 Å². The fourth-order valence-electron chi connectivity index (χ4n) is 2.93. The summed E-state index contributed by atoms with van der Waals surface area (Å²) in [4.78, 5) is 4.08. The maximum Gasteiger partial charge on any atom is 0.148 e.